The summed E-state index contributed by atoms with van der Waals surface area (Å²) in [5.74, 6) is 0.801. The molecule has 1 aliphatic heterocycles. The molecule has 0 amide bonds. The Bertz CT molecular complexity index is 886. The number of rotatable bonds is 2. The fraction of sp³-hybridized carbons (Fsp3) is 0.211. The highest BCUT2D eigenvalue weighted by atomic mass is 16.5. The SMILES string of the molecule is N#CC1=C(n2cccc2)OC2=C(C(=O)CCC2)C1c1cccnc1. The molecule has 2 aliphatic rings. The Morgan fingerprint density at radius 1 is 1.25 bits per heavy atom. The lowest BCUT2D eigenvalue weighted by Gasteiger charge is -2.32. The number of ether oxygens (including phenoxy) is 1. The number of Topliss-reactive ketones (excluding diaryl/α,β-unsaturated/α-hetero) is 1. The first-order chi connectivity index (χ1) is 11.8. The highest BCUT2D eigenvalue weighted by Gasteiger charge is 2.39. The van der Waals surface area contributed by atoms with E-state index in [0.717, 1.165) is 12.0 Å². The largest absolute Gasteiger partial charge is 0.443 e. The van der Waals surface area contributed by atoms with Crippen molar-refractivity contribution in [3.05, 3.63) is 71.5 Å². The first-order valence-corrected chi connectivity index (χ1v) is 7.91. The summed E-state index contributed by atoms with van der Waals surface area (Å²) < 4.78 is 7.80. The molecule has 0 aromatic carbocycles. The molecule has 118 valence electrons. The monoisotopic (exact) mass is 317 g/mol. The fourth-order valence-corrected chi connectivity index (χ4v) is 3.36. The van der Waals surface area contributed by atoms with Crippen LogP contribution in [0.15, 0.2) is 66.0 Å². The second-order valence-corrected chi connectivity index (χ2v) is 5.86. The van der Waals surface area contributed by atoms with Gasteiger partial charge in [-0.1, -0.05) is 6.07 Å². The summed E-state index contributed by atoms with van der Waals surface area (Å²) in [6.07, 6.45) is 9.05. The standard InChI is InChI=1S/C19H15N3O2/c20-11-14-17(13-5-4-8-21-12-13)18-15(23)6-3-7-16(18)24-19(14)22-9-1-2-10-22/h1-2,4-5,8-10,12,17H,3,6-7H2. The maximum atomic E-state index is 12.6. The van der Waals surface area contributed by atoms with Gasteiger partial charge in [0, 0.05) is 43.2 Å². The molecule has 0 spiro atoms. The number of carbonyl (C=O) groups is 1. The van der Waals surface area contributed by atoms with Crippen LogP contribution in [0.2, 0.25) is 0 Å². The summed E-state index contributed by atoms with van der Waals surface area (Å²) >= 11 is 0. The van der Waals surface area contributed by atoms with Crippen molar-refractivity contribution in [2.24, 2.45) is 0 Å². The molecule has 5 heteroatoms. The Morgan fingerprint density at radius 2 is 2.08 bits per heavy atom. The molecule has 24 heavy (non-hydrogen) atoms. The number of allylic oxidation sites excluding steroid dienone is 3. The second-order valence-electron chi connectivity index (χ2n) is 5.86. The normalized spacial score (nSPS) is 20.5. The molecule has 0 saturated carbocycles. The van der Waals surface area contributed by atoms with E-state index in [-0.39, 0.29) is 5.78 Å². The number of pyridine rings is 1. The van der Waals surface area contributed by atoms with Crippen molar-refractivity contribution in [1.82, 2.24) is 9.55 Å². The topological polar surface area (TPSA) is 67.9 Å². The number of hydrogen-bond donors (Lipinski definition) is 0. The van der Waals surface area contributed by atoms with Crippen LogP contribution in [0.25, 0.3) is 5.88 Å². The van der Waals surface area contributed by atoms with E-state index >= 15 is 0 Å². The lowest BCUT2D eigenvalue weighted by molar-refractivity contribution is -0.116. The lowest BCUT2D eigenvalue weighted by atomic mass is 9.78. The minimum atomic E-state index is -0.419. The van der Waals surface area contributed by atoms with Gasteiger partial charge in [0.15, 0.2) is 5.78 Å². The van der Waals surface area contributed by atoms with Crippen molar-refractivity contribution < 1.29 is 9.53 Å². The van der Waals surface area contributed by atoms with Crippen LogP contribution in [0.5, 0.6) is 0 Å². The number of nitriles is 1. The van der Waals surface area contributed by atoms with Crippen molar-refractivity contribution in [3.63, 3.8) is 0 Å². The molecular formula is C19H15N3O2. The van der Waals surface area contributed by atoms with E-state index in [4.69, 9.17) is 4.74 Å². The summed E-state index contributed by atoms with van der Waals surface area (Å²) in [7, 11) is 0. The summed E-state index contributed by atoms with van der Waals surface area (Å²) in [6.45, 7) is 0. The van der Waals surface area contributed by atoms with Crippen LogP contribution in [0, 0.1) is 11.3 Å². The lowest BCUT2D eigenvalue weighted by Crippen LogP contribution is -2.26. The highest BCUT2D eigenvalue weighted by Crippen LogP contribution is 2.45. The predicted octanol–water partition coefficient (Wildman–Crippen LogP) is 3.40. The molecule has 0 radical (unpaired) electrons. The van der Waals surface area contributed by atoms with E-state index < -0.39 is 5.92 Å². The number of carbonyl (C=O) groups excluding carboxylic acids is 1. The third-order valence-corrected chi connectivity index (χ3v) is 4.41. The molecule has 2 aromatic rings. The van der Waals surface area contributed by atoms with Gasteiger partial charge in [0.25, 0.3) is 0 Å². The number of nitrogens with zero attached hydrogens (tertiary/aromatic N) is 3. The van der Waals surface area contributed by atoms with Gasteiger partial charge in [0.1, 0.15) is 17.4 Å². The van der Waals surface area contributed by atoms with Crippen LogP contribution in [-0.2, 0) is 9.53 Å². The smallest absolute Gasteiger partial charge is 0.218 e. The molecular weight excluding hydrogens is 302 g/mol. The van der Waals surface area contributed by atoms with Crippen LogP contribution in [0.4, 0.5) is 0 Å². The van der Waals surface area contributed by atoms with E-state index in [1.165, 1.54) is 0 Å². The van der Waals surface area contributed by atoms with Crippen LogP contribution in [0.1, 0.15) is 30.7 Å². The van der Waals surface area contributed by atoms with E-state index in [1.54, 1.807) is 17.0 Å². The Hall–Kier alpha value is -3.13. The highest BCUT2D eigenvalue weighted by molar-refractivity contribution is 6.00. The molecule has 3 heterocycles. The molecule has 0 N–H and O–H groups in total. The zero-order valence-corrected chi connectivity index (χ0v) is 13.0. The van der Waals surface area contributed by atoms with Crippen LogP contribution in [0.3, 0.4) is 0 Å². The molecule has 5 nitrogen and oxygen atoms in total. The number of ketones is 1. The van der Waals surface area contributed by atoms with Gasteiger partial charge >= 0.3 is 0 Å². The van der Waals surface area contributed by atoms with E-state index in [2.05, 4.69) is 11.1 Å². The molecule has 1 aliphatic carbocycles. The zero-order chi connectivity index (χ0) is 16.5. The average molecular weight is 317 g/mol. The van der Waals surface area contributed by atoms with Gasteiger partial charge in [-0.25, -0.2) is 0 Å². The zero-order valence-electron chi connectivity index (χ0n) is 13.0. The molecule has 0 fully saturated rings. The molecule has 1 unspecified atom stereocenters. The summed E-state index contributed by atoms with van der Waals surface area (Å²) in [6, 6.07) is 9.74. The van der Waals surface area contributed by atoms with Gasteiger partial charge in [-0.15, -0.1) is 0 Å². The minimum absolute atomic E-state index is 0.0596. The van der Waals surface area contributed by atoms with E-state index in [1.807, 2.05) is 36.7 Å². The maximum absolute atomic E-state index is 12.6. The van der Waals surface area contributed by atoms with Crippen molar-refractivity contribution in [1.29, 1.82) is 5.26 Å². The Balaban J connectivity index is 1.95. The Morgan fingerprint density at radius 3 is 2.79 bits per heavy atom. The van der Waals surface area contributed by atoms with Crippen molar-refractivity contribution in [3.8, 4) is 6.07 Å². The predicted molar refractivity (Wildman–Crippen MR) is 87.2 cm³/mol. The van der Waals surface area contributed by atoms with Gasteiger partial charge in [-0.2, -0.15) is 5.26 Å². The summed E-state index contributed by atoms with van der Waals surface area (Å²) in [5, 5.41) is 9.81. The maximum Gasteiger partial charge on any atom is 0.218 e. The third-order valence-electron chi connectivity index (χ3n) is 4.41. The number of aromatic nitrogens is 2. The number of hydrogen-bond acceptors (Lipinski definition) is 4. The summed E-state index contributed by atoms with van der Waals surface area (Å²) in [4.78, 5) is 16.7. The third kappa shape index (κ3) is 2.24. The van der Waals surface area contributed by atoms with Crippen molar-refractivity contribution >= 4 is 11.7 Å². The average Bonchev–Trinajstić information content (AvgIpc) is 3.15. The fourth-order valence-electron chi connectivity index (χ4n) is 3.36. The molecule has 0 bridgehead atoms. The first-order valence-electron chi connectivity index (χ1n) is 7.91. The van der Waals surface area contributed by atoms with Gasteiger partial charge in [0.05, 0.1) is 5.92 Å². The van der Waals surface area contributed by atoms with Crippen LogP contribution >= 0.6 is 0 Å². The van der Waals surface area contributed by atoms with Gasteiger partial charge < -0.3 is 4.74 Å². The molecule has 1 atom stereocenters. The summed E-state index contributed by atoms with van der Waals surface area (Å²) in [5.41, 5.74) is 1.89. The van der Waals surface area contributed by atoms with E-state index in [0.29, 0.717) is 35.6 Å². The Labute approximate surface area is 139 Å². The molecule has 4 rings (SSSR count). The molecule has 0 saturated heterocycles. The van der Waals surface area contributed by atoms with E-state index in [9.17, 15) is 10.1 Å². The van der Waals surface area contributed by atoms with Crippen molar-refractivity contribution in [2.45, 2.75) is 25.2 Å². The quantitative estimate of drug-likeness (QED) is 0.851. The molecule has 2 aromatic heterocycles. The van der Waals surface area contributed by atoms with Crippen molar-refractivity contribution in [2.75, 3.05) is 0 Å². The van der Waals surface area contributed by atoms with Gasteiger partial charge in [-0.05, 0) is 30.2 Å². The van der Waals surface area contributed by atoms with Crippen LogP contribution < -0.4 is 0 Å². The van der Waals surface area contributed by atoms with Gasteiger partial charge in [-0.3, -0.25) is 14.3 Å². The van der Waals surface area contributed by atoms with Crippen LogP contribution in [-0.4, -0.2) is 15.3 Å². The van der Waals surface area contributed by atoms with Gasteiger partial charge in [0.2, 0.25) is 5.88 Å². The first kappa shape index (κ1) is 14.5. The minimum Gasteiger partial charge on any atom is -0.443 e. The second kappa shape index (κ2) is 5.82. The Kier molecular flexibility index (Phi) is 3.51.